The number of hydrogen-bond acceptors (Lipinski definition) is 3. The summed E-state index contributed by atoms with van der Waals surface area (Å²) >= 11 is 7.12. The predicted molar refractivity (Wildman–Crippen MR) is 74.1 cm³/mol. The Bertz CT molecular complexity index is 467. The largest absolute Gasteiger partial charge is 0.332 e. The molecule has 2 rings (SSSR count). The van der Waals surface area contributed by atoms with Gasteiger partial charge < -0.3 is 10.2 Å². The first-order chi connectivity index (χ1) is 8.65. The van der Waals surface area contributed by atoms with Crippen molar-refractivity contribution in [2.75, 3.05) is 24.2 Å². The first-order valence-corrected chi connectivity index (χ1v) is 6.98. The van der Waals surface area contributed by atoms with Gasteiger partial charge in [0.2, 0.25) is 5.91 Å². The number of amides is 2. The molecular weight excluding hydrogens is 272 g/mol. The second kappa shape index (κ2) is 6.11. The van der Waals surface area contributed by atoms with E-state index in [9.17, 15) is 9.59 Å². The number of hydrogen-bond donors (Lipinski definition) is 1. The maximum Gasteiger partial charge on any atom is 0.281 e. The Morgan fingerprint density at radius 2 is 2.33 bits per heavy atom. The van der Waals surface area contributed by atoms with Crippen molar-refractivity contribution in [1.29, 1.82) is 0 Å². The molecule has 1 saturated heterocycles. The molecule has 1 N–H and O–H groups in total. The summed E-state index contributed by atoms with van der Waals surface area (Å²) in [5.74, 6) is 0.705. The first kappa shape index (κ1) is 13.2. The van der Waals surface area contributed by atoms with Gasteiger partial charge in [-0.3, -0.25) is 9.59 Å². The Hall–Kier alpha value is -1.20. The lowest BCUT2D eigenvalue weighted by atomic mass is 10.3. The number of carbonyl (C=O) groups is 2. The van der Waals surface area contributed by atoms with Crippen molar-refractivity contribution >= 4 is 40.2 Å². The van der Waals surface area contributed by atoms with Crippen molar-refractivity contribution in [2.24, 2.45) is 0 Å². The Morgan fingerprint density at radius 3 is 3.00 bits per heavy atom. The number of benzene rings is 1. The molecule has 18 heavy (non-hydrogen) atoms. The van der Waals surface area contributed by atoms with Crippen molar-refractivity contribution in [2.45, 2.75) is 6.42 Å². The van der Waals surface area contributed by atoms with Crippen molar-refractivity contribution in [3.8, 4) is 0 Å². The molecule has 0 spiro atoms. The van der Waals surface area contributed by atoms with Crippen LogP contribution in [-0.4, -0.2) is 34.9 Å². The molecule has 1 aliphatic heterocycles. The summed E-state index contributed by atoms with van der Waals surface area (Å²) in [6, 6.07) is 6.99. The highest BCUT2D eigenvalue weighted by Gasteiger charge is 2.21. The van der Waals surface area contributed by atoms with E-state index in [-0.39, 0.29) is 11.1 Å². The molecule has 0 aliphatic carbocycles. The standard InChI is InChI=1S/C12H13ClN2O2S/c13-9-2-1-3-10(8-9)14-11(16)4-5-15-6-7-18-12(15)17/h1-3,8H,4-7H2,(H,14,16). The zero-order valence-corrected chi connectivity index (χ0v) is 11.3. The van der Waals surface area contributed by atoms with Crippen molar-refractivity contribution in [1.82, 2.24) is 4.90 Å². The summed E-state index contributed by atoms with van der Waals surface area (Å²) in [5.41, 5.74) is 0.676. The van der Waals surface area contributed by atoms with E-state index in [0.29, 0.717) is 23.7 Å². The van der Waals surface area contributed by atoms with E-state index < -0.39 is 0 Å². The molecule has 1 fully saturated rings. The van der Waals surface area contributed by atoms with Crippen LogP contribution in [0.5, 0.6) is 0 Å². The van der Waals surface area contributed by atoms with Crippen LogP contribution in [0.2, 0.25) is 5.02 Å². The van der Waals surface area contributed by atoms with Crippen LogP contribution in [0, 0.1) is 0 Å². The average molecular weight is 285 g/mol. The van der Waals surface area contributed by atoms with Gasteiger partial charge in [0, 0.05) is 36.0 Å². The number of carbonyl (C=O) groups excluding carboxylic acids is 2. The van der Waals surface area contributed by atoms with Gasteiger partial charge in [-0.15, -0.1) is 0 Å². The second-order valence-corrected chi connectivity index (χ2v) is 5.39. The van der Waals surface area contributed by atoms with E-state index >= 15 is 0 Å². The van der Waals surface area contributed by atoms with Gasteiger partial charge in [0.15, 0.2) is 0 Å². The predicted octanol–water partition coefficient (Wildman–Crippen LogP) is 2.84. The van der Waals surface area contributed by atoms with Gasteiger partial charge in [-0.1, -0.05) is 29.4 Å². The smallest absolute Gasteiger partial charge is 0.281 e. The van der Waals surface area contributed by atoms with Crippen LogP contribution in [0.15, 0.2) is 24.3 Å². The van der Waals surface area contributed by atoms with Gasteiger partial charge in [0.05, 0.1) is 0 Å². The fourth-order valence-corrected chi connectivity index (χ4v) is 2.70. The fourth-order valence-electron chi connectivity index (χ4n) is 1.66. The molecular formula is C12H13ClN2O2S. The molecule has 4 nitrogen and oxygen atoms in total. The maximum absolute atomic E-state index is 11.7. The lowest BCUT2D eigenvalue weighted by molar-refractivity contribution is -0.116. The highest BCUT2D eigenvalue weighted by molar-refractivity contribution is 8.13. The quantitative estimate of drug-likeness (QED) is 0.925. The van der Waals surface area contributed by atoms with Gasteiger partial charge in [0.25, 0.3) is 5.24 Å². The van der Waals surface area contributed by atoms with Gasteiger partial charge >= 0.3 is 0 Å². The topological polar surface area (TPSA) is 49.4 Å². The molecule has 1 aliphatic rings. The normalized spacial score (nSPS) is 14.9. The minimum Gasteiger partial charge on any atom is -0.332 e. The van der Waals surface area contributed by atoms with Crippen LogP contribution >= 0.6 is 23.4 Å². The summed E-state index contributed by atoms with van der Waals surface area (Å²) in [7, 11) is 0. The van der Waals surface area contributed by atoms with E-state index in [1.54, 1.807) is 29.2 Å². The van der Waals surface area contributed by atoms with Crippen LogP contribution in [0.25, 0.3) is 0 Å². The van der Waals surface area contributed by atoms with E-state index in [1.165, 1.54) is 11.8 Å². The van der Waals surface area contributed by atoms with E-state index in [1.807, 2.05) is 0 Å². The molecule has 1 heterocycles. The van der Waals surface area contributed by atoms with Crippen molar-refractivity contribution < 1.29 is 9.59 Å². The third-order valence-corrected chi connectivity index (χ3v) is 3.69. The molecule has 0 radical (unpaired) electrons. The van der Waals surface area contributed by atoms with Crippen LogP contribution in [-0.2, 0) is 4.79 Å². The van der Waals surface area contributed by atoms with E-state index in [0.717, 1.165) is 12.3 Å². The van der Waals surface area contributed by atoms with Gasteiger partial charge in [-0.2, -0.15) is 0 Å². The van der Waals surface area contributed by atoms with Gasteiger partial charge in [-0.25, -0.2) is 0 Å². The first-order valence-electron chi connectivity index (χ1n) is 5.62. The van der Waals surface area contributed by atoms with Crippen LogP contribution in [0.1, 0.15) is 6.42 Å². The number of halogens is 1. The molecule has 0 saturated carbocycles. The third kappa shape index (κ3) is 3.65. The highest BCUT2D eigenvalue weighted by Crippen LogP contribution is 2.18. The number of nitrogens with one attached hydrogen (secondary N) is 1. The number of nitrogens with zero attached hydrogens (tertiary/aromatic N) is 1. The molecule has 0 aromatic heterocycles. The molecule has 1 aromatic rings. The van der Waals surface area contributed by atoms with Gasteiger partial charge in [0.1, 0.15) is 0 Å². The third-order valence-electron chi connectivity index (χ3n) is 2.56. The number of anilines is 1. The lowest BCUT2D eigenvalue weighted by Crippen LogP contribution is -2.27. The summed E-state index contributed by atoms with van der Waals surface area (Å²) in [5, 5.41) is 3.40. The molecule has 0 unspecified atom stereocenters. The minimum absolute atomic E-state index is 0.0607. The van der Waals surface area contributed by atoms with E-state index in [2.05, 4.69) is 5.32 Å². The Labute approximate surface area is 115 Å². The fraction of sp³-hybridized carbons (Fsp3) is 0.333. The summed E-state index contributed by atoms with van der Waals surface area (Å²) in [6.07, 6.45) is 0.304. The Balaban J connectivity index is 1.80. The molecule has 1 aromatic carbocycles. The lowest BCUT2D eigenvalue weighted by Gasteiger charge is -2.13. The Kier molecular flexibility index (Phi) is 4.49. The zero-order chi connectivity index (χ0) is 13.0. The summed E-state index contributed by atoms with van der Waals surface area (Å²) in [4.78, 5) is 24.7. The molecule has 0 bridgehead atoms. The second-order valence-electron chi connectivity index (χ2n) is 3.91. The highest BCUT2D eigenvalue weighted by atomic mass is 35.5. The number of rotatable bonds is 4. The van der Waals surface area contributed by atoms with E-state index in [4.69, 9.17) is 11.6 Å². The molecule has 2 amide bonds. The number of thioether (sulfide) groups is 1. The van der Waals surface area contributed by atoms with Crippen molar-refractivity contribution in [3.63, 3.8) is 0 Å². The SMILES string of the molecule is O=C(CCN1CCSC1=O)Nc1cccc(Cl)c1. The summed E-state index contributed by atoms with van der Waals surface area (Å²) < 4.78 is 0. The van der Waals surface area contributed by atoms with Crippen LogP contribution < -0.4 is 5.32 Å². The maximum atomic E-state index is 11.7. The zero-order valence-electron chi connectivity index (χ0n) is 9.69. The molecule has 0 atom stereocenters. The van der Waals surface area contributed by atoms with Crippen molar-refractivity contribution in [3.05, 3.63) is 29.3 Å². The molecule has 96 valence electrons. The summed E-state index contributed by atoms with van der Waals surface area (Å²) in [6.45, 7) is 1.20. The average Bonchev–Trinajstić information content (AvgIpc) is 2.72. The monoisotopic (exact) mass is 284 g/mol. The van der Waals surface area contributed by atoms with Crippen LogP contribution in [0.3, 0.4) is 0 Å². The minimum atomic E-state index is -0.109. The van der Waals surface area contributed by atoms with Gasteiger partial charge in [-0.05, 0) is 18.2 Å². The van der Waals surface area contributed by atoms with Crippen LogP contribution in [0.4, 0.5) is 10.5 Å². The molecule has 6 heteroatoms. The Morgan fingerprint density at radius 1 is 1.50 bits per heavy atom.